The monoisotopic (exact) mass is 306 g/mol. The Bertz CT molecular complexity index is 740. The van der Waals surface area contributed by atoms with E-state index in [2.05, 4.69) is 60.3 Å². The first-order valence-electron chi connectivity index (χ1n) is 7.88. The van der Waals surface area contributed by atoms with E-state index in [9.17, 15) is 0 Å². The van der Waals surface area contributed by atoms with Crippen LogP contribution in [0.1, 0.15) is 35.2 Å². The highest BCUT2D eigenvalue weighted by molar-refractivity contribution is 5.33. The summed E-state index contributed by atoms with van der Waals surface area (Å²) in [6.07, 6.45) is 7.33. The average Bonchev–Trinajstić information content (AvgIpc) is 3.09. The van der Waals surface area contributed by atoms with Crippen molar-refractivity contribution in [2.24, 2.45) is 0 Å². The van der Waals surface area contributed by atoms with E-state index in [1.54, 1.807) is 12.5 Å². The number of benzene rings is 1. The zero-order valence-electron chi connectivity index (χ0n) is 13.8. The molecule has 0 bridgehead atoms. The van der Waals surface area contributed by atoms with Crippen molar-refractivity contribution in [3.05, 3.63) is 77.5 Å². The average molecular weight is 306 g/mol. The largest absolute Gasteiger partial charge is 0.306 e. The van der Waals surface area contributed by atoms with Crippen molar-refractivity contribution in [2.75, 3.05) is 0 Å². The predicted molar refractivity (Wildman–Crippen MR) is 92.5 cm³/mol. The Balaban J connectivity index is 1.68. The maximum absolute atomic E-state index is 4.52. The second-order valence-corrected chi connectivity index (χ2v) is 5.89. The molecule has 0 fully saturated rings. The minimum atomic E-state index is 0.248. The molecule has 0 saturated heterocycles. The Morgan fingerprint density at radius 3 is 2.52 bits per heavy atom. The Hall–Kier alpha value is -2.46. The third-order valence-electron chi connectivity index (χ3n) is 4.27. The van der Waals surface area contributed by atoms with Crippen LogP contribution < -0.4 is 5.32 Å². The Morgan fingerprint density at radius 2 is 1.91 bits per heavy atom. The summed E-state index contributed by atoms with van der Waals surface area (Å²) in [6, 6.07) is 10.8. The number of nitrogens with zero attached hydrogens (tertiary/aromatic N) is 3. The van der Waals surface area contributed by atoms with Crippen LogP contribution in [0.4, 0.5) is 0 Å². The van der Waals surface area contributed by atoms with E-state index in [0.717, 1.165) is 12.4 Å². The lowest BCUT2D eigenvalue weighted by Crippen LogP contribution is -2.19. The number of aromatic nitrogens is 3. The fourth-order valence-corrected chi connectivity index (χ4v) is 2.70. The number of nitrogens with one attached hydrogen (secondary N) is 1. The summed E-state index contributed by atoms with van der Waals surface area (Å²) in [5.74, 6) is 0.883. The van der Waals surface area contributed by atoms with Gasteiger partial charge in [-0.15, -0.1) is 0 Å². The molecule has 1 aromatic carbocycles. The fourth-order valence-electron chi connectivity index (χ4n) is 2.70. The zero-order valence-corrected chi connectivity index (χ0v) is 13.8. The van der Waals surface area contributed by atoms with Crippen LogP contribution in [-0.2, 0) is 6.54 Å². The SMILES string of the molecule is Cc1cccc(C)c1CNC(C)c1ccc(-n2ccnc2)nc1. The zero-order chi connectivity index (χ0) is 16.2. The number of aryl methyl sites for hydroxylation is 2. The van der Waals surface area contributed by atoms with Crippen LogP contribution in [0.2, 0.25) is 0 Å². The van der Waals surface area contributed by atoms with Crippen LogP contribution in [-0.4, -0.2) is 14.5 Å². The molecule has 4 nitrogen and oxygen atoms in total. The van der Waals surface area contributed by atoms with Gasteiger partial charge in [0, 0.05) is 31.2 Å². The number of imidazole rings is 1. The van der Waals surface area contributed by atoms with Crippen molar-refractivity contribution in [1.29, 1.82) is 0 Å². The first kappa shape index (κ1) is 15.4. The molecular weight excluding hydrogens is 284 g/mol. The van der Waals surface area contributed by atoms with Crippen molar-refractivity contribution in [2.45, 2.75) is 33.4 Å². The summed E-state index contributed by atoms with van der Waals surface area (Å²) in [6.45, 7) is 7.36. The highest BCUT2D eigenvalue weighted by atomic mass is 15.1. The molecule has 0 aliphatic rings. The second-order valence-electron chi connectivity index (χ2n) is 5.89. The van der Waals surface area contributed by atoms with Gasteiger partial charge >= 0.3 is 0 Å². The molecule has 23 heavy (non-hydrogen) atoms. The van der Waals surface area contributed by atoms with Crippen LogP contribution in [0.15, 0.2) is 55.2 Å². The van der Waals surface area contributed by atoms with Gasteiger partial charge in [0.1, 0.15) is 12.1 Å². The van der Waals surface area contributed by atoms with Crippen molar-refractivity contribution < 1.29 is 0 Å². The molecule has 3 rings (SSSR count). The maximum Gasteiger partial charge on any atom is 0.137 e. The Labute approximate surface area is 137 Å². The van der Waals surface area contributed by atoms with Gasteiger partial charge in [0.25, 0.3) is 0 Å². The molecule has 2 aromatic heterocycles. The summed E-state index contributed by atoms with van der Waals surface area (Å²) in [5, 5.41) is 3.59. The number of rotatable bonds is 5. The Kier molecular flexibility index (Phi) is 4.53. The fraction of sp³-hybridized carbons (Fsp3) is 0.263. The van der Waals surface area contributed by atoms with Crippen molar-refractivity contribution in [1.82, 2.24) is 19.9 Å². The van der Waals surface area contributed by atoms with E-state index >= 15 is 0 Å². The van der Waals surface area contributed by atoms with Crippen LogP contribution in [0.3, 0.4) is 0 Å². The molecule has 4 heteroatoms. The summed E-state index contributed by atoms with van der Waals surface area (Å²) in [4.78, 5) is 8.56. The summed E-state index contributed by atoms with van der Waals surface area (Å²) >= 11 is 0. The van der Waals surface area contributed by atoms with Gasteiger partial charge < -0.3 is 5.32 Å². The second kappa shape index (κ2) is 6.75. The molecule has 1 N–H and O–H groups in total. The van der Waals surface area contributed by atoms with Gasteiger partial charge in [-0.2, -0.15) is 0 Å². The lowest BCUT2D eigenvalue weighted by Gasteiger charge is -2.17. The van der Waals surface area contributed by atoms with Crippen LogP contribution in [0.25, 0.3) is 5.82 Å². The molecule has 0 amide bonds. The highest BCUT2D eigenvalue weighted by Crippen LogP contribution is 2.17. The topological polar surface area (TPSA) is 42.7 Å². The van der Waals surface area contributed by atoms with Gasteiger partial charge in [-0.05, 0) is 49.1 Å². The van der Waals surface area contributed by atoms with Crippen molar-refractivity contribution in [3.8, 4) is 5.82 Å². The molecule has 0 aliphatic heterocycles. The van der Waals surface area contributed by atoms with Gasteiger partial charge in [0.15, 0.2) is 0 Å². The molecule has 0 saturated carbocycles. The normalized spacial score (nSPS) is 12.3. The molecule has 2 heterocycles. The van der Waals surface area contributed by atoms with E-state index in [0.29, 0.717) is 0 Å². The van der Waals surface area contributed by atoms with Gasteiger partial charge in [0.2, 0.25) is 0 Å². The summed E-state index contributed by atoms with van der Waals surface area (Å²) in [7, 11) is 0. The van der Waals surface area contributed by atoms with Crippen LogP contribution in [0.5, 0.6) is 0 Å². The van der Waals surface area contributed by atoms with E-state index in [-0.39, 0.29) is 6.04 Å². The van der Waals surface area contributed by atoms with Gasteiger partial charge in [0.05, 0.1) is 0 Å². The third kappa shape index (κ3) is 3.48. The van der Waals surface area contributed by atoms with Gasteiger partial charge in [-0.25, -0.2) is 9.97 Å². The molecule has 0 aliphatic carbocycles. The molecule has 1 unspecified atom stereocenters. The molecular formula is C19H22N4. The molecule has 1 atom stereocenters. The quantitative estimate of drug-likeness (QED) is 0.781. The summed E-state index contributed by atoms with van der Waals surface area (Å²) in [5.41, 5.74) is 5.22. The van der Waals surface area contributed by atoms with E-state index in [1.807, 2.05) is 23.0 Å². The van der Waals surface area contributed by atoms with Crippen molar-refractivity contribution in [3.63, 3.8) is 0 Å². The molecule has 118 valence electrons. The van der Waals surface area contributed by atoms with Crippen LogP contribution >= 0.6 is 0 Å². The smallest absolute Gasteiger partial charge is 0.137 e. The van der Waals surface area contributed by atoms with E-state index in [1.165, 1.54) is 22.3 Å². The summed E-state index contributed by atoms with van der Waals surface area (Å²) < 4.78 is 1.90. The highest BCUT2D eigenvalue weighted by Gasteiger charge is 2.08. The van der Waals surface area contributed by atoms with Crippen LogP contribution in [0, 0.1) is 13.8 Å². The Morgan fingerprint density at radius 1 is 1.13 bits per heavy atom. The number of hydrogen-bond acceptors (Lipinski definition) is 3. The van der Waals surface area contributed by atoms with Gasteiger partial charge in [-0.1, -0.05) is 24.3 Å². The van der Waals surface area contributed by atoms with Crippen molar-refractivity contribution >= 4 is 0 Å². The standard InChI is InChI=1S/C19H22N4/c1-14-5-4-6-15(2)18(14)12-21-16(3)17-7-8-19(22-11-17)23-10-9-20-13-23/h4-11,13,16,21H,12H2,1-3H3. The van der Waals surface area contributed by atoms with E-state index in [4.69, 9.17) is 0 Å². The first-order chi connectivity index (χ1) is 11.1. The van der Waals surface area contributed by atoms with E-state index < -0.39 is 0 Å². The number of hydrogen-bond donors (Lipinski definition) is 1. The minimum Gasteiger partial charge on any atom is -0.306 e. The molecule has 3 aromatic rings. The maximum atomic E-state index is 4.52. The molecule has 0 spiro atoms. The lowest BCUT2D eigenvalue weighted by atomic mass is 10.0. The van der Waals surface area contributed by atoms with Gasteiger partial charge in [-0.3, -0.25) is 4.57 Å². The predicted octanol–water partition coefficient (Wildman–Crippen LogP) is 3.73. The number of pyridine rings is 1. The first-order valence-corrected chi connectivity index (χ1v) is 7.88. The third-order valence-corrected chi connectivity index (χ3v) is 4.27. The minimum absolute atomic E-state index is 0.248. The molecule has 0 radical (unpaired) electrons. The lowest BCUT2D eigenvalue weighted by molar-refractivity contribution is 0.570.